The second-order valence-electron chi connectivity index (χ2n) is 5.34. The lowest BCUT2D eigenvalue weighted by Gasteiger charge is -2.38. The van der Waals surface area contributed by atoms with Crippen LogP contribution in [-0.2, 0) is 0 Å². The lowest BCUT2D eigenvalue weighted by molar-refractivity contribution is 0.0811. The first-order chi connectivity index (χ1) is 10.1. The minimum absolute atomic E-state index is 0.0745. The molecule has 21 heavy (non-hydrogen) atoms. The standard InChI is InChI=1S/C15H21FN2O3/c1-10-4-3-7-18(13(10)9-19)15(20)17-12-8-11(16)5-6-14(12)21-2/h5-6,8,10,13,19H,3-4,7,9H2,1-2H3,(H,17,20). The number of nitrogens with one attached hydrogen (secondary N) is 1. The van der Waals surface area contributed by atoms with E-state index >= 15 is 0 Å². The molecule has 1 saturated heterocycles. The van der Waals surface area contributed by atoms with Gasteiger partial charge in [-0.3, -0.25) is 0 Å². The maximum Gasteiger partial charge on any atom is 0.322 e. The third-order valence-corrected chi connectivity index (χ3v) is 3.97. The van der Waals surface area contributed by atoms with Gasteiger partial charge in [0.1, 0.15) is 11.6 Å². The molecule has 1 heterocycles. The highest BCUT2D eigenvalue weighted by Gasteiger charge is 2.31. The first kappa shape index (κ1) is 15.6. The molecule has 2 atom stereocenters. The molecule has 1 fully saturated rings. The number of halogens is 1. The van der Waals surface area contributed by atoms with Crippen LogP contribution in [0.2, 0.25) is 0 Å². The third kappa shape index (κ3) is 3.44. The summed E-state index contributed by atoms with van der Waals surface area (Å²) in [5, 5.41) is 12.2. The molecule has 1 aliphatic rings. The van der Waals surface area contributed by atoms with Crippen LogP contribution < -0.4 is 10.1 Å². The molecule has 2 amide bonds. The summed E-state index contributed by atoms with van der Waals surface area (Å²) in [6.07, 6.45) is 1.88. The Labute approximate surface area is 123 Å². The third-order valence-electron chi connectivity index (χ3n) is 3.97. The molecule has 0 radical (unpaired) electrons. The monoisotopic (exact) mass is 296 g/mol. The fourth-order valence-electron chi connectivity index (χ4n) is 2.74. The minimum Gasteiger partial charge on any atom is -0.495 e. The van der Waals surface area contributed by atoms with Gasteiger partial charge in [-0.05, 0) is 30.9 Å². The highest BCUT2D eigenvalue weighted by atomic mass is 19.1. The largest absolute Gasteiger partial charge is 0.495 e. The zero-order valence-electron chi connectivity index (χ0n) is 12.3. The molecule has 0 spiro atoms. The predicted octanol–water partition coefficient (Wildman–Crippen LogP) is 2.46. The van der Waals surface area contributed by atoms with Crippen LogP contribution in [0.5, 0.6) is 5.75 Å². The van der Waals surface area contributed by atoms with Crippen molar-refractivity contribution in [1.82, 2.24) is 4.90 Å². The van der Waals surface area contributed by atoms with Gasteiger partial charge >= 0.3 is 6.03 Å². The maximum atomic E-state index is 13.3. The highest BCUT2D eigenvalue weighted by molar-refractivity contribution is 5.91. The van der Waals surface area contributed by atoms with Crippen molar-refractivity contribution in [3.63, 3.8) is 0 Å². The number of likely N-dealkylation sites (tertiary alicyclic amines) is 1. The zero-order valence-corrected chi connectivity index (χ0v) is 12.3. The number of piperidine rings is 1. The van der Waals surface area contributed by atoms with E-state index in [1.54, 1.807) is 4.90 Å². The highest BCUT2D eigenvalue weighted by Crippen LogP contribution is 2.27. The fraction of sp³-hybridized carbons (Fsp3) is 0.533. The van der Waals surface area contributed by atoms with Crippen molar-refractivity contribution < 1.29 is 19.0 Å². The van der Waals surface area contributed by atoms with Crippen molar-refractivity contribution in [1.29, 1.82) is 0 Å². The Kier molecular flexibility index (Phi) is 5.01. The van der Waals surface area contributed by atoms with Crippen molar-refractivity contribution >= 4 is 11.7 Å². The van der Waals surface area contributed by atoms with Crippen molar-refractivity contribution in [2.24, 2.45) is 5.92 Å². The second kappa shape index (κ2) is 6.76. The molecule has 0 saturated carbocycles. The van der Waals surface area contributed by atoms with Crippen LogP contribution in [0.15, 0.2) is 18.2 Å². The molecule has 1 aromatic rings. The predicted molar refractivity (Wildman–Crippen MR) is 77.9 cm³/mol. The van der Waals surface area contributed by atoms with Crippen LogP contribution >= 0.6 is 0 Å². The Morgan fingerprint density at radius 2 is 2.33 bits per heavy atom. The number of anilines is 1. The average molecular weight is 296 g/mol. The van der Waals surface area contributed by atoms with Gasteiger partial charge in [0.25, 0.3) is 0 Å². The topological polar surface area (TPSA) is 61.8 Å². The number of urea groups is 1. The van der Waals surface area contributed by atoms with E-state index in [0.29, 0.717) is 12.3 Å². The van der Waals surface area contributed by atoms with Gasteiger partial charge in [-0.2, -0.15) is 0 Å². The van der Waals surface area contributed by atoms with E-state index in [1.165, 1.54) is 25.3 Å². The van der Waals surface area contributed by atoms with Gasteiger partial charge in [-0.1, -0.05) is 6.92 Å². The number of amides is 2. The van der Waals surface area contributed by atoms with Gasteiger partial charge in [0.15, 0.2) is 0 Å². The molecule has 2 N–H and O–H groups in total. The second-order valence-corrected chi connectivity index (χ2v) is 5.34. The van der Waals surface area contributed by atoms with E-state index < -0.39 is 5.82 Å². The van der Waals surface area contributed by atoms with E-state index in [9.17, 15) is 14.3 Å². The Morgan fingerprint density at radius 3 is 3.00 bits per heavy atom. The zero-order chi connectivity index (χ0) is 15.4. The molecular weight excluding hydrogens is 275 g/mol. The first-order valence-corrected chi connectivity index (χ1v) is 7.08. The number of carbonyl (C=O) groups is 1. The number of carbonyl (C=O) groups excluding carboxylic acids is 1. The maximum absolute atomic E-state index is 13.3. The van der Waals surface area contributed by atoms with Gasteiger partial charge in [0, 0.05) is 12.6 Å². The van der Waals surface area contributed by atoms with Crippen LogP contribution in [0.1, 0.15) is 19.8 Å². The average Bonchev–Trinajstić information content (AvgIpc) is 2.47. The molecule has 1 aromatic carbocycles. The number of aliphatic hydroxyl groups excluding tert-OH is 1. The van der Waals surface area contributed by atoms with Crippen molar-refractivity contribution in [3.05, 3.63) is 24.0 Å². The number of methoxy groups -OCH3 is 1. The first-order valence-electron chi connectivity index (χ1n) is 7.08. The Morgan fingerprint density at radius 1 is 1.57 bits per heavy atom. The Hall–Kier alpha value is -1.82. The van der Waals surface area contributed by atoms with Crippen molar-refractivity contribution in [2.75, 3.05) is 25.6 Å². The van der Waals surface area contributed by atoms with E-state index in [4.69, 9.17) is 4.74 Å². The van der Waals surface area contributed by atoms with E-state index in [1.807, 2.05) is 6.92 Å². The molecule has 0 aliphatic carbocycles. The number of hydrogen-bond acceptors (Lipinski definition) is 3. The summed E-state index contributed by atoms with van der Waals surface area (Å²) in [6.45, 7) is 2.52. The van der Waals surface area contributed by atoms with Crippen LogP contribution in [0, 0.1) is 11.7 Å². The van der Waals surface area contributed by atoms with Gasteiger partial charge in [0.2, 0.25) is 0 Å². The molecule has 2 unspecified atom stereocenters. The molecule has 116 valence electrons. The quantitative estimate of drug-likeness (QED) is 0.900. The van der Waals surface area contributed by atoms with E-state index in [2.05, 4.69) is 5.32 Å². The SMILES string of the molecule is COc1ccc(F)cc1NC(=O)N1CCCC(C)C1CO. The van der Waals surface area contributed by atoms with Crippen molar-refractivity contribution in [2.45, 2.75) is 25.8 Å². The van der Waals surface area contributed by atoms with Crippen LogP contribution in [0.4, 0.5) is 14.9 Å². The van der Waals surface area contributed by atoms with Gasteiger partial charge in [-0.25, -0.2) is 9.18 Å². The smallest absolute Gasteiger partial charge is 0.322 e. The van der Waals surface area contributed by atoms with E-state index in [0.717, 1.165) is 12.8 Å². The summed E-state index contributed by atoms with van der Waals surface area (Å²) in [5.74, 6) is 0.191. The molecule has 0 bridgehead atoms. The molecule has 5 nitrogen and oxygen atoms in total. The summed E-state index contributed by atoms with van der Waals surface area (Å²) in [6, 6.07) is 3.40. The molecule has 0 aromatic heterocycles. The molecule has 6 heteroatoms. The van der Waals surface area contributed by atoms with Gasteiger partial charge < -0.3 is 20.1 Å². The minimum atomic E-state index is -0.447. The van der Waals surface area contributed by atoms with Crippen LogP contribution in [0.25, 0.3) is 0 Å². The summed E-state index contributed by atoms with van der Waals surface area (Å²) < 4.78 is 18.4. The fourth-order valence-corrected chi connectivity index (χ4v) is 2.74. The summed E-state index contributed by atoms with van der Waals surface area (Å²) in [7, 11) is 1.46. The Bertz CT molecular complexity index is 510. The summed E-state index contributed by atoms with van der Waals surface area (Å²) in [4.78, 5) is 14.0. The lowest BCUT2D eigenvalue weighted by Crippen LogP contribution is -2.51. The van der Waals surface area contributed by atoms with Crippen LogP contribution in [0.3, 0.4) is 0 Å². The molecule has 2 rings (SSSR count). The number of hydrogen-bond donors (Lipinski definition) is 2. The molecular formula is C15H21FN2O3. The number of ether oxygens (including phenoxy) is 1. The van der Waals surface area contributed by atoms with Gasteiger partial charge in [0.05, 0.1) is 25.4 Å². The normalized spacial score (nSPS) is 22.0. The molecule has 1 aliphatic heterocycles. The Balaban J connectivity index is 2.15. The van der Waals surface area contributed by atoms with Crippen LogP contribution in [-0.4, -0.2) is 42.3 Å². The van der Waals surface area contributed by atoms with Gasteiger partial charge in [-0.15, -0.1) is 0 Å². The number of rotatable bonds is 3. The summed E-state index contributed by atoms with van der Waals surface area (Å²) >= 11 is 0. The number of benzene rings is 1. The number of nitrogens with zero attached hydrogens (tertiary/aromatic N) is 1. The van der Waals surface area contributed by atoms with E-state index in [-0.39, 0.29) is 30.3 Å². The van der Waals surface area contributed by atoms with Crippen molar-refractivity contribution in [3.8, 4) is 5.75 Å². The lowest BCUT2D eigenvalue weighted by atomic mass is 9.91. The summed E-state index contributed by atoms with van der Waals surface area (Å²) in [5.41, 5.74) is 0.289. The number of aliphatic hydroxyl groups is 1.